The summed E-state index contributed by atoms with van der Waals surface area (Å²) in [4.78, 5) is 11.7. The lowest BCUT2D eigenvalue weighted by Crippen LogP contribution is -2.16. The molecule has 2 aromatic rings. The summed E-state index contributed by atoms with van der Waals surface area (Å²) < 4.78 is 11.7. The van der Waals surface area contributed by atoms with E-state index in [0.29, 0.717) is 17.9 Å². The number of allylic oxidation sites excluding steroid dienone is 2. The van der Waals surface area contributed by atoms with E-state index in [1.807, 2.05) is 18.2 Å². The van der Waals surface area contributed by atoms with Gasteiger partial charge in [-0.2, -0.15) is 0 Å². The predicted molar refractivity (Wildman–Crippen MR) is 97.7 cm³/mol. The smallest absolute Gasteiger partial charge is 0.336 e. The summed E-state index contributed by atoms with van der Waals surface area (Å²) in [7, 11) is 0. The molecule has 0 bridgehead atoms. The topological polar surface area (TPSA) is 39.4 Å². The Kier molecular flexibility index (Phi) is 5.39. The highest BCUT2D eigenvalue weighted by molar-refractivity contribution is 5.82. The summed E-state index contributed by atoms with van der Waals surface area (Å²) >= 11 is 0. The molecule has 3 nitrogen and oxygen atoms in total. The lowest BCUT2D eigenvalue weighted by molar-refractivity contribution is 0.207. The Morgan fingerprint density at radius 3 is 2.67 bits per heavy atom. The monoisotopic (exact) mass is 326 g/mol. The average molecular weight is 326 g/mol. The molecular formula is C21H26O3. The van der Waals surface area contributed by atoms with Crippen LogP contribution in [0.25, 0.3) is 11.0 Å². The van der Waals surface area contributed by atoms with Gasteiger partial charge in [-0.3, -0.25) is 0 Å². The molecule has 1 aromatic heterocycles. The van der Waals surface area contributed by atoms with E-state index >= 15 is 0 Å². The summed E-state index contributed by atoms with van der Waals surface area (Å²) in [6.45, 7) is 4.90. The van der Waals surface area contributed by atoms with E-state index in [-0.39, 0.29) is 5.63 Å². The van der Waals surface area contributed by atoms with Crippen LogP contribution in [0.15, 0.2) is 45.1 Å². The molecule has 3 rings (SSSR count). The Morgan fingerprint density at radius 1 is 1.17 bits per heavy atom. The zero-order valence-electron chi connectivity index (χ0n) is 14.6. The Labute approximate surface area is 143 Å². The normalized spacial score (nSPS) is 15.4. The summed E-state index contributed by atoms with van der Waals surface area (Å²) in [6, 6.07) is 7.27. The molecule has 0 spiro atoms. The quantitative estimate of drug-likeness (QED) is 0.555. The van der Waals surface area contributed by atoms with Crippen molar-refractivity contribution in [2.45, 2.75) is 52.4 Å². The minimum absolute atomic E-state index is 0.314. The second-order valence-corrected chi connectivity index (χ2v) is 7.02. The van der Waals surface area contributed by atoms with Crippen molar-refractivity contribution in [2.75, 3.05) is 6.61 Å². The molecule has 0 saturated heterocycles. The third-order valence-corrected chi connectivity index (χ3v) is 4.76. The van der Waals surface area contributed by atoms with Crippen molar-refractivity contribution in [2.24, 2.45) is 5.92 Å². The van der Waals surface area contributed by atoms with Crippen LogP contribution in [-0.4, -0.2) is 6.61 Å². The van der Waals surface area contributed by atoms with Gasteiger partial charge in [-0.25, -0.2) is 4.79 Å². The molecule has 1 aromatic carbocycles. The molecule has 0 radical (unpaired) electrons. The van der Waals surface area contributed by atoms with Gasteiger partial charge in [0.1, 0.15) is 11.3 Å². The largest absolute Gasteiger partial charge is 0.493 e. The summed E-state index contributed by atoms with van der Waals surface area (Å²) in [5.41, 5.74) is 2.55. The molecule has 1 fully saturated rings. The minimum atomic E-state index is -0.314. The van der Waals surface area contributed by atoms with E-state index in [4.69, 9.17) is 9.15 Å². The Hall–Kier alpha value is -2.03. The number of benzene rings is 1. The molecule has 1 heterocycles. The number of rotatable bonds is 5. The molecule has 0 atom stereocenters. The van der Waals surface area contributed by atoms with Gasteiger partial charge in [-0.15, -0.1) is 0 Å². The Bertz CT molecular complexity index is 775. The first kappa shape index (κ1) is 16.8. The molecule has 0 amide bonds. The third kappa shape index (κ3) is 4.08. The number of hydrogen-bond donors (Lipinski definition) is 0. The highest BCUT2D eigenvalue weighted by Crippen LogP contribution is 2.30. The van der Waals surface area contributed by atoms with Gasteiger partial charge in [0.05, 0.1) is 6.61 Å². The molecule has 128 valence electrons. The maximum Gasteiger partial charge on any atom is 0.336 e. The summed E-state index contributed by atoms with van der Waals surface area (Å²) in [5.74, 6) is 1.49. The molecule has 3 heteroatoms. The van der Waals surface area contributed by atoms with Gasteiger partial charge in [0.25, 0.3) is 0 Å². The van der Waals surface area contributed by atoms with Crippen LogP contribution in [-0.2, 0) is 6.42 Å². The lowest BCUT2D eigenvalue weighted by Gasteiger charge is -2.22. The van der Waals surface area contributed by atoms with Crippen molar-refractivity contribution in [1.82, 2.24) is 0 Å². The fraction of sp³-hybridized carbons (Fsp3) is 0.476. The van der Waals surface area contributed by atoms with Crippen LogP contribution >= 0.6 is 0 Å². The molecule has 1 aliphatic carbocycles. The van der Waals surface area contributed by atoms with Gasteiger partial charge in [-0.05, 0) is 57.2 Å². The van der Waals surface area contributed by atoms with Crippen molar-refractivity contribution >= 4 is 11.0 Å². The van der Waals surface area contributed by atoms with Gasteiger partial charge in [0, 0.05) is 17.0 Å². The van der Waals surface area contributed by atoms with Crippen LogP contribution in [0.3, 0.4) is 0 Å². The second kappa shape index (κ2) is 7.69. The van der Waals surface area contributed by atoms with Gasteiger partial charge in [0.2, 0.25) is 0 Å². The zero-order chi connectivity index (χ0) is 16.9. The minimum Gasteiger partial charge on any atom is -0.493 e. The molecule has 0 unspecified atom stereocenters. The SMILES string of the molecule is CC(C)=CCc1c(OCC2CCCCC2)ccc2ccc(=O)oc12. The van der Waals surface area contributed by atoms with Crippen LogP contribution in [0.4, 0.5) is 0 Å². The van der Waals surface area contributed by atoms with Crippen LogP contribution < -0.4 is 10.4 Å². The van der Waals surface area contributed by atoms with Crippen molar-refractivity contribution < 1.29 is 9.15 Å². The lowest BCUT2D eigenvalue weighted by atomic mass is 9.90. The summed E-state index contributed by atoms with van der Waals surface area (Å²) in [6.07, 6.45) is 9.35. The zero-order valence-corrected chi connectivity index (χ0v) is 14.6. The maximum atomic E-state index is 11.7. The van der Waals surface area contributed by atoms with Crippen LogP contribution in [0.1, 0.15) is 51.5 Å². The van der Waals surface area contributed by atoms with E-state index in [9.17, 15) is 4.79 Å². The van der Waals surface area contributed by atoms with Gasteiger partial charge in [0.15, 0.2) is 0 Å². The van der Waals surface area contributed by atoms with Crippen molar-refractivity contribution in [1.29, 1.82) is 0 Å². The Morgan fingerprint density at radius 2 is 1.92 bits per heavy atom. The van der Waals surface area contributed by atoms with E-state index in [1.54, 1.807) is 0 Å². The van der Waals surface area contributed by atoms with E-state index in [1.165, 1.54) is 43.7 Å². The first-order valence-corrected chi connectivity index (χ1v) is 8.95. The fourth-order valence-corrected chi connectivity index (χ4v) is 3.37. The number of hydrogen-bond acceptors (Lipinski definition) is 3. The summed E-state index contributed by atoms with van der Waals surface area (Å²) in [5, 5.41) is 0.941. The van der Waals surface area contributed by atoms with Crippen LogP contribution in [0.5, 0.6) is 5.75 Å². The molecule has 0 aliphatic heterocycles. The van der Waals surface area contributed by atoms with Crippen molar-refractivity contribution in [3.63, 3.8) is 0 Å². The number of ether oxygens (including phenoxy) is 1. The first-order valence-electron chi connectivity index (χ1n) is 8.95. The molecular weight excluding hydrogens is 300 g/mol. The standard InChI is InChI=1S/C21H26O3/c1-15(2)8-11-18-19(23-14-16-6-4-3-5-7-16)12-9-17-10-13-20(22)24-21(17)18/h8-10,12-13,16H,3-7,11,14H2,1-2H3. The molecule has 1 saturated carbocycles. The van der Waals surface area contributed by atoms with Gasteiger partial charge < -0.3 is 9.15 Å². The highest BCUT2D eigenvalue weighted by Gasteiger charge is 2.16. The maximum absolute atomic E-state index is 11.7. The van der Waals surface area contributed by atoms with E-state index in [0.717, 1.165) is 23.3 Å². The van der Waals surface area contributed by atoms with E-state index < -0.39 is 0 Å². The van der Waals surface area contributed by atoms with Crippen LogP contribution in [0.2, 0.25) is 0 Å². The third-order valence-electron chi connectivity index (χ3n) is 4.76. The molecule has 0 N–H and O–H groups in total. The first-order chi connectivity index (χ1) is 11.6. The van der Waals surface area contributed by atoms with E-state index in [2.05, 4.69) is 19.9 Å². The predicted octanol–water partition coefficient (Wildman–Crippen LogP) is 5.26. The second-order valence-electron chi connectivity index (χ2n) is 7.02. The van der Waals surface area contributed by atoms with Crippen molar-refractivity contribution in [3.05, 3.63) is 51.9 Å². The van der Waals surface area contributed by atoms with Crippen LogP contribution in [0, 0.1) is 5.92 Å². The van der Waals surface area contributed by atoms with Gasteiger partial charge >= 0.3 is 5.63 Å². The van der Waals surface area contributed by atoms with Crippen molar-refractivity contribution in [3.8, 4) is 5.75 Å². The number of fused-ring (bicyclic) bond motifs is 1. The van der Waals surface area contributed by atoms with Gasteiger partial charge in [-0.1, -0.05) is 30.9 Å². The fourth-order valence-electron chi connectivity index (χ4n) is 3.37. The molecule has 24 heavy (non-hydrogen) atoms. The average Bonchev–Trinajstić information content (AvgIpc) is 2.59. The Balaban J connectivity index is 1.91. The molecule has 1 aliphatic rings. The highest BCUT2D eigenvalue weighted by atomic mass is 16.5.